The van der Waals surface area contributed by atoms with E-state index < -0.39 is 0 Å². The maximum atomic E-state index is 12.6. The van der Waals surface area contributed by atoms with E-state index in [0.717, 1.165) is 17.7 Å². The lowest BCUT2D eigenvalue weighted by Crippen LogP contribution is -2.38. The van der Waals surface area contributed by atoms with Crippen molar-refractivity contribution in [2.24, 2.45) is 0 Å². The molecule has 0 bridgehead atoms. The Kier molecular flexibility index (Phi) is 7.95. The van der Waals surface area contributed by atoms with Crippen LogP contribution in [0.15, 0.2) is 48.5 Å². The van der Waals surface area contributed by atoms with Crippen molar-refractivity contribution >= 4 is 35.6 Å². The summed E-state index contributed by atoms with van der Waals surface area (Å²) in [6.07, 6.45) is 0.770. The highest BCUT2D eigenvalue weighted by Crippen LogP contribution is 2.14. The summed E-state index contributed by atoms with van der Waals surface area (Å²) in [6.45, 7) is 4.42. The number of nitrogens with zero attached hydrogens (tertiary/aromatic N) is 1. The molecule has 6 heteroatoms. The Hall–Kier alpha value is -2.53. The van der Waals surface area contributed by atoms with Gasteiger partial charge in [-0.25, -0.2) is 0 Å². The van der Waals surface area contributed by atoms with Crippen LogP contribution in [-0.2, 0) is 4.79 Å². The number of carbonyl (C=O) groups excluding carboxylic acids is 2. The third kappa shape index (κ3) is 5.80. The molecular formula is C19H24ClN3O2. The van der Waals surface area contributed by atoms with Gasteiger partial charge in [0.2, 0.25) is 5.91 Å². The van der Waals surface area contributed by atoms with Crippen LogP contribution >= 0.6 is 12.4 Å². The van der Waals surface area contributed by atoms with Crippen molar-refractivity contribution in [2.45, 2.75) is 20.3 Å². The zero-order valence-corrected chi connectivity index (χ0v) is 15.3. The molecule has 0 unspecified atom stereocenters. The first-order valence-electron chi connectivity index (χ1n) is 8.01. The highest BCUT2D eigenvalue weighted by Gasteiger charge is 2.18. The van der Waals surface area contributed by atoms with Gasteiger partial charge < -0.3 is 16.0 Å². The SMILES string of the molecule is CCCN(CC(=O)Nc1ccccc1C)C(=O)c1cccc(N)c1.Cl. The molecule has 0 heterocycles. The Balaban J connectivity index is 0.00000312. The molecule has 0 saturated carbocycles. The summed E-state index contributed by atoms with van der Waals surface area (Å²) < 4.78 is 0. The minimum atomic E-state index is -0.213. The molecule has 0 saturated heterocycles. The number of hydrogen-bond donors (Lipinski definition) is 2. The molecule has 0 radical (unpaired) electrons. The van der Waals surface area contributed by atoms with Crippen LogP contribution in [-0.4, -0.2) is 29.8 Å². The van der Waals surface area contributed by atoms with Crippen LogP contribution in [0, 0.1) is 6.92 Å². The second-order valence-electron chi connectivity index (χ2n) is 5.72. The number of nitrogens with one attached hydrogen (secondary N) is 1. The van der Waals surface area contributed by atoms with E-state index in [9.17, 15) is 9.59 Å². The van der Waals surface area contributed by atoms with Crippen LogP contribution in [0.4, 0.5) is 11.4 Å². The van der Waals surface area contributed by atoms with E-state index in [0.29, 0.717) is 17.8 Å². The number of halogens is 1. The van der Waals surface area contributed by atoms with Gasteiger partial charge in [-0.3, -0.25) is 9.59 Å². The van der Waals surface area contributed by atoms with Gasteiger partial charge in [0.05, 0.1) is 0 Å². The number of nitrogens with two attached hydrogens (primary N) is 1. The van der Waals surface area contributed by atoms with Crippen LogP contribution in [0.25, 0.3) is 0 Å². The first-order valence-corrected chi connectivity index (χ1v) is 8.01. The molecule has 2 rings (SSSR count). The summed E-state index contributed by atoms with van der Waals surface area (Å²) >= 11 is 0. The monoisotopic (exact) mass is 361 g/mol. The molecule has 0 aromatic heterocycles. The second kappa shape index (κ2) is 9.69. The van der Waals surface area contributed by atoms with Gasteiger partial charge in [-0.05, 0) is 43.2 Å². The zero-order chi connectivity index (χ0) is 17.5. The molecule has 0 aliphatic carbocycles. The Bertz CT molecular complexity index is 734. The number of benzene rings is 2. The van der Waals surface area contributed by atoms with Crippen LogP contribution in [0.5, 0.6) is 0 Å². The number of rotatable bonds is 6. The molecule has 0 fully saturated rings. The smallest absolute Gasteiger partial charge is 0.254 e. The van der Waals surface area contributed by atoms with Crippen molar-refractivity contribution < 1.29 is 9.59 Å². The maximum absolute atomic E-state index is 12.6. The number of amides is 2. The highest BCUT2D eigenvalue weighted by molar-refractivity contribution is 6.00. The first-order chi connectivity index (χ1) is 11.5. The first kappa shape index (κ1) is 20.5. The average Bonchev–Trinajstić information content (AvgIpc) is 2.56. The molecule has 25 heavy (non-hydrogen) atoms. The third-order valence-corrected chi connectivity index (χ3v) is 3.67. The van der Waals surface area contributed by atoms with Crippen LogP contribution < -0.4 is 11.1 Å². The Labute approximate surface area is 154 Å². The molecule has 134 valence electrons. The van der Waals surface area contributed by atoms with E-state index in [1.165, 1.54) is 0 Å². The Morgan fingerprint density at radius 2 is 1.84 bits per heavy atom. The number of para-hydroxylation sites is 1. The standard InChI is InChI=1S/C19H23N3O2.ClH/c1-3-11-22(19(24)15-8-6-9-16(20)12-15)13-18(23)21-17-10-5-4-7-14(17)2;/h4-10,12H,3,11,13,20H2,1-2H3,(H,21,23);1H. The normalized spacial score (nSPS) is 9.84. The molecule has 5 nitrogen and oxygen atoms in total. The molecule has 3 N–H and O–H groups in total. The largest absolute Gasteiger partial charge is 0.399 e. The van der Waals surface area contributed by atoms with E-state index in [2.05, 4.69) is 5.32 Å². The maximum Gasteiger partial charge on any atom is 0.254 e. The van der Waals surface area contributed by atoms with E-state index in [1.54, 1.807) is 29.2 Å². The minimum Gasteiger partial charge on any atom is -0.399 e. The molecular weight excluding hydrogens is 338 g/mol. The molecule has 0 aliphatic rings. The summed E-state index contributed by atoms with van der Waals surface area (Å²) in [5, 5.41) is 2.86. The van der Waals surface area contributed by atoms with E-state index in [4.69, 9.17) is 5.73 Å². The number of hydrogen-bond acceptors (Lipinski definition) is 3. The lowest BCUT2D eigenvalue weighted by molar-refractivity contribution is -0.116. The van der Waals surface area contributed by atoms with Crippen LogP contribution in [0.1, 0.15) is 29.3 Å². The zero-order valence-electron chi connectivity index (χ0n) is 14.5. The number of aryl methyl sites for hydroxylation is 1. The number of nitrogen functional groups attached to an aromatic ring is 1. The van der Waals surface area contributed by atoms with E-state index in [-0.39, 0.29) is 30.8 Å². The quantitative estimate of drug-likeness (QED) is 0.773. The number of anilines is 2. The lowest BCUT2D eigenvalue weighted by atomic mass is 10.1. The fourth-order valence-electron chi connectivity index (χ4n) is 2.45. The van der Waals surface area contributed by atoms with Gasteiger partial charge in [-0.15, -0.1) is 12.4 Å². The van der Waals surface area contributed by atoms with Crippen LogP contribution in [0.2, 0.25) is 0 Å². The van der Waals surface area contributed by atoms with Crippen molar-refractivity contribution in [1.82, 2.24) is 4.90 Å². The molecule has 0 aliphatic heterocycles. The highest BCUT2D eigenvalue weighted by atomic mass is 35.5. The predicted octanol–water partition coefficient (Wildman–Crippen LogP) is 3.49. The van der Waals surface area contributed by atoms with Crippen molar-refractivity contribution in [2.75, 3.05) is 24.1 Å². The van der Waals surface area contributed by atoms with E-state index >= 15 is 0 Å². The predicted molar refractivity (Wildman–Crippen MR) is 104 cm³/mol. The topological polar surface area (TPSA) is 75.4 Å². The average molecular weight is 362 g/mol. The van der Waals surface area contributed by atoms with Gasteiger partial charge in [0.15, 0.2) is 0 Å². The minimum absolute atomic E-state index is 0. The molecule has 2 aromatic carbocycles. The lowest BCUT2D eigenvalue weighted by Gasteiger charge is -2.22. The molecule has 0 spiro atoms. The Morgan fingerprint density at radius 3 is 2.48 bits per heavy atom. The van der Waals surface area contributed by atoms with Crippen LogP contribution in [0.3, 0.4) is 0 Å². The van der Waals surface area contributed by atoms with Crippen molar-refractivity contribution in [3.63, 3.8) is 0 Å². The third-order valence-electron chi connectivity index (χ3n) is 3.67. The Morgan fingerprint density at radius 1 is 1.12 bits per heavy atom. The molecule has 2 amide bonds. The summed E-state index contributed by atoms with van der Waals surface area (Å²) in [5.74, 6) is -0.404. The second-order valence-corrected chi connectivity index (χ2v) is 5.72. The summed E-state index contributed by atoms with van der Waals surface area (Å²) in [5.41, 5.74) is 8.50. The van der Waals surface area contributed by atoms with Gasteiger partial charge in [0.1, 0.15) is 6.54 Å². The van der Waals surface area contributed by atoms with Crippen molar-refractivity contribution in [1.29, 1.82) is 0 Å². The van der Waals surface area contributed by atoms with Gasteiger partial charge in [0, 0.05) is 23.5 Å². The summed E-state index contributed by atoms with van der Waals surface area (Å²) in [4.78, 5) is 26.5. The van der Waals surface area contributed by atoms with Gasteiger partial charge in [0.25, 0.3) is 5.91 Å². The fourth-order valence-corrected chi connectivity index (χ4v) is 2.45. The van der Waals surface area contributed by atoms with E-state index in [1.807, 2.05) is 38.1 Å². The van der Waals surface area contributed by atoms with Crippen molar-refractivity contribution in [3.8, 4) is 0 Å². The fraction of sp³-hybridized carbons (Fsp3) is 0.263. The number of carbonyl (C=O) groups is 2. The molecule has 0 atom stereocenters. The summed E-state index contributed by atoms with van der Waals surface area (Å²) in [6, 6.07) is 14.4. The summed E-state index contributed by atoms with van der Waals surface area (Å²) in [7, 11) is 0. The van der Waals surface area contributed by atoms with Gasteiger partial charge in [-0.1, -0.05) is 31.2 Å². The van der Waals surface area contributed by atoms with Crippen molar-refractivity contribution in [3.05, 3.63) is 59.7 Å². The van der Waals surface area contributed by atoms with Gasteiger partial charge in [-0.2, -0.15) is 0 Å². The molecule has 2 aromatic rings. The van der Waals surface area contributed by atoms with Gasteiger partial charge >= 0.3 is 0 Å².